The van der Waals surface area contributed by atoms with Crippen LogP contribution in [0.25, 0.3) is 0 Å². The number of likely N-dealkylation sites (tertiary alicyclic amines) is 1. The van der Waals surface area contributed by atoms with E-state index in [0.717, 1.165) is 25.0 Å². The van der Waals surface area contributed by atoms with Crippen molar-refractivity contribution in [3.05, 3.63) is 18.1 Å². The van der Waals surface area contributed by atoms with Crippen LogP contribution in [0.2, 0.25) is 0 Å². The number of carbonyl (C=O) groups is 2. The standard InChI is InChI=1S/C20H28N4O3/c25-19-16(5-2-8-21-19)20(26)24-9-6-14(7-10-24)12-27-18-11-17(22-13-23-18)15-3-1-4-15/h11,13-16H,1-10,12H2,(H,21,25). The number of hydrogen-bond acceptors (Lipinski definition) is 5. The molecule has 3 aliphatic rings. The fourth-order valence-electron chi connectivity index (χ4n) is 4.11. The van der Waals surface area contributed by atoms with Gasteiger partial charge in [0, 0.05) is 31.6 Å². The van der Waals surface area contributed by atoms with E-state index in [9.17, 15) is 9.59 Å². The lowest BCUT2D eigenvalue weighted by Crippen LogP contribution is -2.49. The second-order valence-corrected chi connectivity index (χ2v) is 7.97. The van der Waals surface area contributed by atoms with Crippen molar-refractivity contribution < 1.29 is 14.3 Å². The van der Waals surface area contributed by atoms with Crippen LogP contribution < -0.4 is 10.1 Å². The zero-order valence-corrected chi connectivity index (χ0v) is 15.7. The maximum atomic E-state index is 12.6. The van der Waals surface area contributed by atoms with Crippen molar-refractivity contribution in [3.8, 4) is 5.88 Å². The van der Waals surface area contributed by atoms with Gasteiger partial charge in [-0.05, 0) is 44.4 Å². The van der Waals surface area contributed by atoms with Gasteiger partial charge in [0.25, 0.3) is 0 Å². The lowest BCUT2D eigenvalue weighted by molar-refractivity contribution is -0.144. The Morgan fingerprint density at radius 2 is 1.96 bits per heavy atom. The molecule has 3 fully saturated rings. The van der Waals surface area contributed by atoms with E-state index in [1.165, 1.54) is 19.3 Å². The molecular formula is C20H28N4O3. The molecule has 27 heavy (non-hydrogen) atoms. The van der Waals surface area contributed by atoms with Crippen LogP contribution in [0, 0.1) is 11.8 Å². The number of nitrogens with one attached hydrogen (secondary N) is 1. The number of rotatable bonds is 5. The second kappa shape index (κ2) is 8.23. The molecule has 0 spiro atoms. The highest BCUT2D eigenvalue weighted by Crippen LogP contribution is 2.35. The van der Waals surface area contributed by atoms with Crippen LogP contribution in [0.4, 0.5) is 0 Å². The Morgan fingerprint density at radius 1 is 1.15 bits per heavy atom. The van der Waals surface area contributed by atoms with Crippen molar-refractivity contribution in [1.29, 1.82) is 0 Å². The molecule has 0 radical (unpaired) electrons. The van der Waals surface area contributed by atoms with Gasteiger partial charge in [0.05, 0.1) is 12.3 Å². The molecule has 2 aliphatic heterocycles. The highest BCUT2D eigenvalue weighted by Gasteiger charge is 2.34. The average molecular weight is 372 g/mol. The molecule has 1 aliphatic carbocycles. The van der Waals surface area contributed by atoms with Gasteiger partial charge in [-0.2, -0.15) is 0 Å². The van der Waals surface area contributed by atoms with Gasteiger partial charge in [0.1, 0.15) is 12.2 Å². The molecule has 1 unspecified atom stereocenters. The molecule has 1 aromatic rings. The fourth-order valence-corrected chi connectivity index (χ4v) is 4.11. The molecule has 2 saturated heterocycles. The molecule has 1 saturated carbocycles. The Kier molecular flexibility index (Phi) is 5.55. The van der Waals surface area contributed by atoms with Gasteiger partial charge >= 0.3 is 0 Å². The first kappa shape index (κ1) is 18.2. The Hall–Kier alpha value is -2.18. The fraction of sp³-hybridized carbons (Fsp3) is 0.700. The van der Waals surface area contributed by atoms with Gasteiger partial charge < -0.3 is 15.0 Å². The van der Waals surface area contributed by atoms with Gasteiger partial charge in [-0.3, -0.25) is 9.59 Å². The number of amides is 2. The van der Waals surface area contributed by atoms with Crippen molar-refractivity contribution >= 4 is 11.8 Å². The summed E-state index contributed by atoms with van der Waals surface area (Å²) in [6.45, 7) is 2.71. The average Bonchev–Trinajstić information content (AvgIpc) is 2.66. The molecule has 1 aromatic heterocycles. The van der Waals surface area contributed by atoms with Crippen LogP contribution >= 0.6 is 0 Å². The molecular weight excluding hydrogens is 344 g/mol. The highest BCUT2D eigenvalue weighted by molar-refractivity contribution is 6.00. The van der Waals surface area contributed by atoms with Crippen LogP contribution in [-0.4, -0.2) is 52.9 Å². The van der Waals surface area contributed by atoms with Gasteiger partial charge in [-0.25, -0.2) is 9.97 Å². The van der Waals surface area contributed by atoms with E-state index in [4.69, 9.17) is 4.74 Å². The van der Waals surface area contributed by atoms with Gasteiger partial charge in [0.15, 0.2) is 0 Å². The number of hydrogen-bond donors (Lipinski definition) is 1. The number of nitrogens with zero attached hydrogens (tertiary/aromatic N) is 3. The zero-order chi connectivity index (χ0) is 18.6. The summed E-state index contributed by atoms with van der Waals surface area (Å²) in [6.07, 6.45) is 8.66. The molecule has 0 aromatic carbocycles. The smallest absolute Gasteiger partial charge is 0.235 e. The van der Waals surface area contributed by atoms with Gasteiger partial charge in [-0.1, -0.05) is 6.42 Å². The third-order valence-electron chi connectivity index (χ3n) is 6.16. The predicted octanol–water partition coefficient (Wildman–Crippen LogP) is 1.89. The minimum Gasteiger partial charge on any atom is -0.477 e. The number of aromatic nitrogens is 2. The van der Waals surface area contributed by atoms with Gasteiger partial charge in [0.2, 0.25) is 17.7 Å². The number of piperidine rings is 2. The van der Waals surface area contributed by atoms with Crippen molar-refractivity contribution in [1.82, 2.24) is 20.2 Å². The van der Waals surface area contributed by atoms with E-state index in [0.29, 0.717) is 50.4 Å². The van der Waals surface area contributed by atoms with E-state index in [-0.39, 0.29) is 11.8 Å². The second-order valence-electron chi connectivity index (χ2n) is 7.97. The summed E-state index contributed by atoms with van der Waals surface area (Å²) in [5.74, 6) is 1.04. The lowest BCUT2D eigenvalue weighted by atomic mass is 9.83. The Labute approximate surface area is 159 Å². The van der Waals surface area contributed by atoms with E-state index < -0.39 is 5.92 Å². The number of carbonyl (C=O) groups excluding carboxylic acids is 2. The first-order chi connectivity index (χ1) is 13.2. The molecule has 2 amide bonds. The molecule has 4 rings (SSSR count). The molecule has 146 valence electrons. The maximum absolute atomic E-state index is 12.6. The summed E-state index contributed by atoms with van der Waals surface area (Å²) in [5.41, 5.74) is 1.09. The minimum absolute atomic E-state index is 0.00694. The van der Waals surface area contributed by atoms with Gasteiger partial charge in [-0.15, -0.1) is 0 Å². The SMILES string of the molecule is O=C1NCCCC1C(=O)N1CCC(COc2cc(C3CCC3)ncn2)CC1. The Bertz CT molecular complexity index is 684. The highest BCUT2D eigenvalue weighted by atomic mass is 16.5. The third-order valence-corrected chi connectivity index (χ3v) is 6.16. The molecule has 7 nitrogen and oxygen atoms in total. The summed E-state index contributed by atoms with van der Waals surface area (Å²) < 4.78 is 5.92. The van der Waals surface area contributed by atoms with Crippen molar-refractivity contribution in [3.63, 3.8) is 0 Å². The van der Waals surface area contributed by atoms with E-state index in [2.05, 4.69) is 15.3 Å². The van der Waals surface area contributed by atoms with E-state index in [1.807, 2.05) is 11.0 Å². The molecule has 1 N–H and O–H groups in total. The number of ether oxygens (including phenoxy) is 1. The van der Waals surface area contributed by atoms with E-state index >= 15 is 0 Å². The first-order valence-electron chi connectivity index (χ1n) is 10.2. The summed E-state index contributed by atoms with van der Waals surface area (Å²) in [4.78, 5) is 35.0. The molecule has 1 atom stereocenters. The van der Waals surface area contributed by atoms with Crippen LogP contribution in [0.5, 0.6) is 5.88 Å². The Morgan fingerprint density at radius 3 is 2.67 bits per heavy atom. The van der Waals surface area contributed by atoms with Crippen molar-refractivity contribution in [2.75, 3.05) is 26.2 Å². The third kappa shape index (κ3) is 4.22. The van der Waals surface area contributed by atoms with Crippen molar-refractivity contribution in [2.45, 2.75) is 50.9 Å². The zero-order valence-electron chi connectivity index (χ0n) is 15.7. The summed E-state index contributed by atoms with van der Waals surface area (Å²) in [6, 6.07) is 1.98. The topological polar surface area (TPSA) is 84.4 Å². The summed E-state index contributed by atoms with van der Waals surface area (Å²) in [5, 5.41) is 2.80. The molecule has 7 heteroatoms. The first-order valence-corrected chi connectivity index (χ1v) is 10.2. The van der Waals surface area contributed by atoms with Crippen LogP contribution in [-0.2, 0) is 9.59 Å². The minimum atomic E-state index is -0.488. The molecule has 0 bridgehead atoms. The maximum Gasteiger partial charge on any atom is 0.235 e. The van der Waals surface area contributed by atoms with Crippen LogP contribution in [0.1, 0.15) is 56.6 Å². The monoisotopic (exact) mass is 372 g/mol. The predicted molar refractivity (Wildman–Crippen MR) is 99.2 cm³/mol. The van der Waals surface area contributed by atoms with Crippen molar-refractivity contribution in [2.24, 2.45) is 11.8 Å². The Balaban J connectivity index is 1.24. The normalized spacial score (nSPS) is 24.2. The quantitative estimate of drug-likeness (QED) is 0.798. The van der Waals surface area contributed by atoms with Crippen LogP contribution in [0.15, 0.2) is 12.4 Å². The van der Waals surface area contributed by atoms with E-state index in [1.54, 1.807) is 6.33 Å². The lowest BCUT2D eigenvalue weighted by Gasteiger charge is -2.34. The summed E-state index contributed by atoms with van der Waals surface area (Å²) >= 11 is 0. The van der Waals surface area contributed by atoms with Crippen LogP contribution in [0.3, 0.4) is 0 Å². The largest absolute Gasteiger partial charge is 0.477 e. The molecule has 3 heterocycles. The summed E-state index contributed by atoms with van der Waals surface area (Å²) in [7, 11) is 0.